The lowest BCUT2D eigenvalue weighted by atomic mass is 9.97. The molecule has 5 nitrogen and oxygen atoms in total. The number of carbonyl (C=O) groups is 1. The van der Waals surface area contributed by atoms with Crippen LogP contribution >= 0.6 is 11.6 Å². The highest BCUT2D eigenvalue weighted by Gasteiger charge is 2.20. The molecule has 0 unspecified atom stereocenters. The Morgan fingerprint density at radius 3 is 2.65 bits per heavy atom. The number of nitrogens with zero attached hydrogens (tertiary/aromatic N) is 3. The molecule has 0 radical (unpaired) electrons. The van der Waals surface area contributed by atoms with E-state index in [0.717, 1.165) is 5.52 Å². The number of aromatic nitrogens is 3. The smallest absolute Gasteiger partial charge is 0.229 e. The van der Waals surface area contributed by atoms with Gasteiger partial charge < -0.3 is 0 Å². The van der Waals surface area contributed by atoms with E-state index in [1.54, 1.807) is 12.1 Å². The summed E-state index contributed by atoms with van der Waals surface area (Å²) in [5, 5.41) is 3.30. The number of hydrogen-bond donors (Lipinski definition) is 1. The zero-order valence-electron chi connectivity index (χ0n) is 12.1. The van der Waals surface area contributed by atoms with Gasteiger partial charge in [0.1, 0.15) is 10.7 Å². The summed E-state index contributed by atoms with van der Waals surface area (Å²) in [5.41, 5.74) is 1.41. The molecule has 2 aromatic rings. The third kappa shape index (κ3) is 2.77. The summed E-state index contributed by atoms with van der Waals surface area (Å²) in [6.07, 6.45) is 0. The van der Waals surface area contributed by atoms with Crippen LogP contribution in [-0.4, -0.2) is 20.4 Å². The minimum atomic E-state index is -0.0725. The topological polar surface area (TPSA) is 59.8 Å². The summed E-state index contributed by atoms with van der Waals surface area (Å²) in [7, 11) is 0. The predicted molar refractivity (Wildman–Crippen MR) is 80.8 cm³/mol. The van der Waals surface area contributed by atoms with Crippen molar-refractivity contribution in [1.82, 2.24) is 14.5 Å². The first-order chi connectivity index (χ1) is 9.43. The summed E-state index contributed by atoms with van der Waals surface area (Å²) in [5.74, 6) is 0.699. The molecule has 0 bridgehead atoms. The monoisotopic (exact) mass is 294 g/mol. The fraction of sp³-hybridized carbons (Fsp3) is 0.500. The van der Waals surface area contributed by atoms with Crippen molar-refractivity contribution >= 4 is 34.6 Å². The Hall–Kier alpha value is -1.62. The number of aryl methyl sites for hydroxylation is 1. The molecule has 2 aromatic heterocycles. The van der Waals surface area contributed by atoms with Gasteiger partial charge in [-0.3, -0.25) is 14.7 Å². The second-order valence-electron chi connectivity index (χ2n) is 5.18. The van der Waals surface area contributed by atoms with Gasteiger partial charge in [-0.2, -0.15) is 0 Å². The summed E-state index contributed by atoms with van der Waals surface area (Å²) >= 11 is 5.92. The second kappa shape index (κ2) is 5.79. The van der Waals surface area contributed by atoms with Gasteiger partial charge in [-0.25, -0.2) is 9.97 Å². The van der Waals surface area contributed by atoms with E-state index in [9.17, 15) is 4.79 Å². The van der Waals surface area contributed by atoms with Crippen LogP contribution in [0.5, 0.6) is 0 Å². The molecule has 0 aliphatic carbocycles. The van der Waals surface area contributed by atoms with Gasteiger partial charge >= 0.3 is 0 Å². The first-order valence-corrected chi connectivity index (χ1v) is 7.15. The second-order valence-corrected chi connectivity index (χ2v) is 5.57. The Labute approximate surface area is 123 Å². The average Bonchev–Trinajstić information content (AvgIpc) is 2.73. The largest absolute Gasteiger partial charge is 0.296 e. The van der Waals surface area contributed by atoms with Crippen molar-refractivity contribution in [2.24, 2.45) is 11.8 Å². The SMILES string of the molecule is CCn1c(NC(=O)[C@@H](C)C(C)C)nc2ccc(Cl)nc21. The molecule has 20 heavy (non-hydrogen) atoms. The fourth-order valence-corrected chi connectivity index (χ4v) is 2.04. The number of fused-ring (bicyclic) bond motifs is 1. The summed E-state index contributed by atoms with van der Waals surface area (Å²) in [6.45, 7) is 8.59. The van der Waals surface area contributed by atoms with E-state index in [0.29, 0.717) is 23.3 Å². The van der Waals surface area contributed by atoms with Crippen molar-refractivity contribution in [3.8, 4) is 0 Å². The van der Waals surface area contributed by atoms with Crippen LogP contribution in [0.1, 0.15) is 27.7 Å². The molecule has 1 amide bonds. The van der Waals surface area contributed by atoms with Crippen LogP contribution in [0.15, 0.2) is 12.1 Å². The first kappa shape index (κ1) is 14.8. The molecule has 1 N–H and O–H groups in total. The molecular weight excluding hydrogens is 276 g/mol. The molecule has 0 aromatic carbocycles. The molecule has 0 fully saturated rings. The Balaban J connectivity index is 2.37. The zero-order valence-corrected chi connectivity index (χ0v) is 12.9. The maximum atomic E-state index is 12.2. The minimum Gasteiger partial charge on any atom is -0.296 e. The van der Waals surface area contributed by atoms with Crippen LogP contribution in [0.2, 0.25) is 5.15 Å². The Morgan fingerprint density at radius 2 is 2.05 bits per heavy atom. The molecule has 108 valence electrons. The quantitative estimate of drug-likeness (QED) is 0.880. The van der Waals surface area contributed by atoms with Crippen LogP contribution < -0.4 is 5.32 Å². The normalized spacial score (nSPS) is 12.9. The number of nitrogens with one attached hydrogen (secondary N) is 1. The van der Waals surface area contributed by atoms with E-state index >= 15 is 0 Å². The highest BCUT2D eigenvalue weighted by atomic mass is 35.5. The molecular formula is C14H19ClN4O. The van der Waals surface area contributed by atoms with Gasteiger partial charge in [0, 0.05) is 12.5 Å². The lowest BCUT2D eigenvalue weighted by Gasteiger charge is -2.15. The van der Waals surface area contributed by atoms with Crippen molar-refractivity contribution in [3.63, 3.8) is 0 Å². The van der Waals surface area contributed by atoms with Gasteiger partial charge in [0.25, 0.3) is 0 Å². The molecule has 0 aliphatic heterocycles. The van der Waals surface area contributed by atoms with E-state index in [1.165, 1.54) is 0 Å². The van der Waals surface area contributed by atoms with Crippen LogP contribution in [0, 0.1) is 11.8 Å². The van der Waals surface area contributed by atoms with Crippen molar-refractivity contribution in [1.29, 1.82) is 0 Å². The standard InChI is InChI=1S/C14H19ClN4O/c1-5-19-12-10(6-7-11(15)17-12)16-14(19)18-13(20)9(4)8(2)3/h6-9H,5H2,1-4H3,(H,16,18,20)/t9-/m0/s1. The maximum Gasteiger partial charge on any atom is 0.229 e. The van der Waals surface area contributed by atoms with E-state index in [1.807, 2.05) is 32.3 Å². The zero-order chi connectivity index (χ0) is 14.9. The van der Waals surface area contributed by atoms with Gasteiger partial charge in [0.15, 0.2) is 5.65 Å². The van der Waals surface area contributed by atoms with Gasteiger partial charge in [0.05, 0.1) is 0 Å². The average molecular weight is 295 g/mol. The number of anilines is 1. The number of amides is 1. The third-order valence-corrected chi connectivity index (χ3v) is 3.73. The molecule has 0 saturated carbocycles. The molecule has 0 saturated heterocycles. The Bertz CT molecular complexity index is 635. The number of rotatable bonds is 4. The summed E-state index contributed by atoms with van der Waals surface area (Å²) < 4.78 is 1.85. The van der Waals surface area contributed by atoms with Gasteiger partial charge in [-0.05, 0) is 25.0 Å². The molecule has 0 aliphatic rings. The van der Waals surface area contributed by atoms with Gasteiger partial charge in [-0.1, -0.05) is 32.4 Å². The van der Waals surface area contributed by atoms with Gasteiger partial charge in [-0.15, -0.1) is 0 Å². The van der Waals surface area contributed by atoms with E-state index in [-0.39, 0.29) is 17.7 Å². The van der Waals surface area contributed by atoms with Crippen LogP contribution in [0.3, 0.4) is 0 Å². The number of carbonyl (C=O) groups excluding carboxylic acids is 1. The highest BCUT2D eigenvalue weighted by molar-refractivity contribution is 6.29. The number of halogens is 1. The Kier molecular flexibility index (Phi) is 4.28. The molecule has 1 atom stereocenters. The van der Waals surface area contributed by atoms with E-state index < -0.39 is 0 Å². The predicted octanol–water partition coefficient (Wildman–Crippen LogP) is 3.34. The molecule has 2 heterocycles. The van der Waals surface area contributed by atoms with E-state index in [2.05, 4.69) is 15.3 Å². The number of pyridine rings is 1. The fourth-order valence-electron chi connectivity index (χ4n) is 1.90. The Morgan fingerprint density at radius 1 is 1.35 bits per heavy atom. The first-order valence-electron chi connectivity index (χ1n) is 6.77. The molecule has 0 spiro atoms. The minimum absolute atomic E-state index is 0.0314. The number of imidazole rings is 1. The van der Waals surface area contributed by atoms with Crippen molar-refractivity contribution in [2.75, 3.05) is 5.32 Å². The summed E-state index contributed by atoms with van der Waals surface area (Å²) in [6, 6.07) is 3.50. The van der Waals surface area contributed by atoms with Crippen molar-refractivity contribution < 1.29 is 4.79 Å². The lowest BCUT2D eigenvalue weighted by Crippen LogP contribution is -2.25. The van der Waals surface area contributed by atoms with Crippen molar-refractivity contribution in [2.45, 2.75) is 34.2 Å². The lowest BCUT2D eigenvalue weighted by molar-refractivity contribution is -0.120. The molecule has 6 heteroatoms. The van der Waals surface area contributed by atoms with Crippen LogP contribution in [0.4, 0.5) is 5.95 Å². The maximum absolute atomic E-state index is 12.2. The third-order valence-electron chi connectivity index (χ3n) is 3.52. The van der Waals surface area contributed by atoms with Crippen molar-refractivity contribution in [3.05, 3.63) is 17.3 Å². The van der Waals surface area contributed by atoms with Crippen LogP contribution in [-0.2, 0) is 11.3 Å². The summed E-state index contributed by atoms with van der Waals surface area (Å²) in [4.78, 5) is 20.8. The van der Waals surface area contributed by atoms with Gasteiger partial charge in [0.2, 0.25) is 11.9 Å². The highest BCUT2D eigenvalue weighted by Crippen LogP contribution is 2.21. The van der Waals surface area contributed by atoms with Crippen LogP contribution in [0.25, 0.3) is 11.2 Å². The molecule has 2 rings (SSSR count). The van der Waals surface area contributed by atoms with E-state index in [4.69, 9.17) is 11.6 Å². The number of hydrogen-bond acceptors (Lipinski definition) is 3.